The van der Waals surface area contributed by atoms with Gasteiger partial charge in [-0.3, -0.25) is 9.52 Å². The highest BCUT2D eigenvalue weighted by Crippen LogP contribution is 2.31. The first kappa shape index (κ1) is 25.8. The number of benzene rings is 3. The number of fused-ring (bicyclic) bond motifs is 1. The van der Waals surface area contributed by atoms with E-state index in [0.29, 0.717) is 27.9 Å². The number of rotatable bonds is 7. The van der Waals surface area contributed by atoms with Crippen molar-refractivity contribution in [2.24, 2.45) is 11.1 Å². The maximum absolute atomic E-state index is 14.5. The summed E-state index contributed by atoms with van der Waals surface area (Å²) in [5.74, 6) is -0.611. The second kappa shape index (κ2) is 9.65. The smallest absolute Gasteiger partial charge is 0.263 e. The van der Waals surface area contributed by atoms with Crippen molar-refractivity contribution in [1.29, 1.82) is 0 Å². The lowest BCUT2D eigenvalue weighted by atomic mass is 9.88. The van der Waals surface area contributed by atoms with Crippen LogP contribution >= 0.6 is 23.2 Å². The minimum atomic E-state index is -4.13. The second-order valence-electron chi connectivity index (χ2n) is 8.89. The number of amides is 1. The summed E-state index contributed by atoms with van der Waals surface area (Å²) in [7, 11) is -4.13. The number of carbonyl (C=O) groups excluding carboxylic acids is 1. The molecule has 0 aliphatic heterocycles. The van der Waals surface area contributed by atoms with Crippen LogP contribution in [-0.2, 0) is 21.2 Å². The second-order valence-corrected chi connectivity index (χ2v) is 11.4. The number of primary amides is 1. The molecule has 3 aromatic carbocycles. The van der Waals surface area contributed by atoms with Crippen LogP contribution in [0.3, 0.4) is 0 Å². The number of nitrogens with one attached hydrogen (secondary N) is 1. The Morgan fingerprint density at radius 2 is 1.81 bits per heavy atom. The molecular weight excluding hydrogens is 526 g/mol. The topological polar surface area (TPSA) is 115 Å². The van der Waals surface area contributed by atoms with Crippen LogP contribution in [0.25, 0.3) is 22.0 Å². The number of nitrogens with two attached hydrogens (primary N) is 1. The molecule has 0 saturated heterocycles. The molecule has 4 rings (SSSR count). The maximum atomic E-state index is 14.5. The highest BCUT2D eigenvalue weighted by molar-refractivity contribution is 7.92. The van der Waals surface area contributed by atoms with E-state index in [1.807, 2.05) is 0 Å². The number of aromatic nitrogens is 2. The lowest BCUT2D eigenvalue weighted by molar-refractivity contribution is -0.126. The minimum absolute atomic E-state index is 0.0152. The van der Waals surface area contributed by atoms with Gasteiger partial charge in [0.2, 0.25) is 5.91 Å². The molecule has 0 spiro atoms. The largest absolute Gasteiger partial charge is 0.369 e. The molecule has 0 radical (unpaired) electrons. The van der Waals surface area contributed by atoms with E-state index in [1.54, 1.807) is 38.2 Å². The molecule has 1 aromatic heterocycles. The van der Waals surface area contributed by atoms with Gasteiger partial charge in [-0.1, -0.05) is 43.1 Å². The SMILES string of the molecule is CC(C)(Cc1ncc2cc(-c3cc(F)cc(NS(=O)(=O)c4cc(Cl)ccc4Cl)c3)ccc2n1)C(N)=O. The van der Waals surface area contributed by atoms with Crippen molar-refractivity contribution in [2.75, 3.05) is 4.72 Å². The van der Waals surface area contributed by atoms with Gasteiger partial charge < -0.3 is 5.73 Å². The van der Waals surface area contributed by atoms with Crippen molar-refractivity contribution in [3.05, 3.63) is 82.5 Å². The van der Waals surface area contributed by atoms with Crippen molar-refractivity contribution in [3.63, 3.8) is 0 Å². The fourth-order valence-corrected chi connectivity index (χ4v) is 5.33. The van der Waals surface area contributed by atoms with Gasteiger partial charge in [0.1, 0.15) is 16.5 Å². The van der Waals surface area contributed by atoms with Crippen molar-refractivity contribution >= 4 is 55.7 Å². The first-order valence-electron chi connectivity index (χ1n) is 10.7. The summed E-state index contributed by atoms with van der Waals surface area (Å²) in [5.41, 5.74) is 6.36. The standard InChI is InChI=1S/C25H21Cl2FN4O3S/c1-25(2,24(29)33)12-23-30-13-16-7-14(3-6-21(16)31-23)15-8-18(28)11-19(9-15)32-36(34,35)22-10-17(26)4-5-20(22)27/h3-11,13,32H,12H2,1-2H3,(H2,29,33). The van der Waals surface area contributed by atoms with Crippen molar-refractivity contribution in [1.82, 2.24) is 9.97 Å². The molecule has 0 unspecified atom stereocenters. The predicted molar refractivity (Wildman–Crippen MR) is 139 cm³/mol. The van der Waals surface area contributed by atoms with E-state index in [0.717, 1.165) is 6.07 Å². The molecule has 7 nitrogen and oxygen atoms in total. The molecule has 4 aromatic rings. The van der Waals surface area contributed by atoms with Crippen LogP contribution < -0.4 is 10.5 Å². The number of hydrogen-bond donors (Lipinski definition) is 2. The van der Waals surface area contributed by atoms with Gasteiger partial charge in [0.05, 0.1) is 21.6 Å². The lowest BCUT2D eigenvalue weighted by Crippen LogP contribution is -2.33. The summed E-state index contributed by atoms with van der Waals surface area (Å²) in [5, 5.41) is 0.862. The average molecular weight is 547 g/mol. The monoisotopic (exact) mass is 546 g/mol. The Morgan fingerprint density at radius 1 is 1.06 bits per heavy atom. The summed E-state index contributed by atoms with van der Waals surface area (Å²) in [4.78, 5) is 20.2. The van der Waals surface area contributed by atoms with Crippen molar-refractivity contribution < 1.29 is 17.6 Å². The maximum Gasteiger partial charge on any atom is 0.263 e. The lowest BCUT2D eigenvalue weighted by Gasteiger charge is -2.19. The molecule has 0 fully saturated rings. The van der Waals surface area contributed by atoms with Gasteiger partial charge in [0.15, 0.2) is 0 Å². The number of nitrogens with zero attached hydrogens (tertiary/aromatic N) is 2. The molecule has 36 heavy (non-hydrogen) atoms. The Kier molecular flexibility index (Phi) is 6.92. The highest BCUT2D eigenvalue weighted by atomic mass is 35.5. The number of halogens is 3. The van der Waals surface area contributed by atoms with Crippen LogP contribution in [0.5, 0.6) is 0 Å². The van der Waals surface area contributed by atoms with E-state index in [-0.39, 0.29) is 27.0 Å². The Balaban J connectivity index is 1.66. The van der Waals surface area contributed by atoms with E-state index in [1.165, 1.54) is 30.3 Å². The molecule has 3 N–H and O–H groups in total. The van der Waals surface area contributed by atoms with E-state index < -0.39 is 27.2 Å². The molecule has 0 bridgehead atoms. The van der Waals surface area contributed by atoms with E-state index in [2.05, 4.69) is 14.7 Å². The van der Waals surface area contributed by atoms with E-state index >= 15 is 0 Å². The van der Waals surface area contributed by atoms with Crippen molar-refractivity contribution in [3.8, 4) is 11.1 Å². The fraction of sp³-hybridized carbons (Fsp3) is 0.160. The Hall–Kier alpha value is -3.27. The van der Waals surface area contributed by atoms with Crippen LogP contribution in [-0.4, -0.2) is 24.3 Å². The molecule has 1 amide bonds. The van der Waals surface area contributed by atoms with Crippen molar-refractivity contribution in [2.45, 2.75) is 25.2 Å². The Bertz CT molecular complexity index is 1610. The first-order valence-corrected chi connectivity index (χ1v) is 12.9. The molecule has 0 saturated carbocycles. The summed E-state index contributed by atoms with van der Waals surface area (Å²) < 4.78 is 42.6. The van der Waals surface area contributed by atoms with Gasteiger partial charge in [-0.25, -0.2) is 22.8 Å². The van der Waals surface area contributed by atoms with E-state index in [4.69, 9.17) is 28.9 Å². The summed E-state index contributed by atoms with van der Waals surface area (Å²) in [6, 6.07) is 13.2. The van der Waals surface area contributed by atoms with Crippen LogP contribution in [0.1, 0.15) is 19.7 Å². The fourth-order valence-electron chi connectivity index (χ4n) is 3.53. The highest BCUT2D eigenvalue weighted by Gasteiger charge is 2.26. The zero-order valence-electron chi connectivity index (χ0n) is 19.2. The predicted octanol–water partition coefficient (Wildman–Crippen LogP) is 5.60. The molecule has 0 aliphatic carbocycles. The molecular formula is C25H21Cl2FN4O3S. The summed E-state index contributed by atoms with van der Waals surface area (Å²) >= 11 is 12.0. The molecule has 1 heterocycles. The number of carbonyl (C=O) groups is 1. The third-order valence-electron chi connectivity index (χ3n) is 5.56. The average Bonchev–Trinajstić information content (AvgIpc) is 2.79. The van der Waals surface area contributed by atoms with Crippen LogP contribution in [0, 0.1) is 11.2 Å². The number of sulfonamides is 1. The molecule has 186 valence electrons. The van der Waals surface area contributed by atoms with Crippen LogP contribution in [0.15, 0.2) is 65.7 Å². The van der Waals surface area contributed by atoms with Gasteiger partial charge >= 0.3 is 0 Å². The van der Waals surface area contributed by atoms with Gasteiger partial charge in [0.25, 0.3) is 10.0 Å². The van der Waals surface area contributed by atoms with E-state index in [9.17, 15) is 17.6 Å². The summed E-state index contributed by atoms with van der Waals surface area (Å²) in [6.07, 6.45) is 1.90. The zero-order valence-corrected chi connectivity index (χ0v) is 21.5. The Labute approximate surface area is 217 Å². The normalized spacial score (nSPS) is 12.0. The van der Waals surface area contributed by atoms with Gasteiger partial charge in [0, 0.05) is 23.0 Å². The molecule has 0 atom stereocenters. The minimum Gasteiger partial charge on any atom is -0.369 e. The Morgan fingerprint density at radius 3 is 2.53 bits per heavy atom. The third-order valence-corrected chi connectivity index (χ3v) is 7.66. The zero-order chi connectivity index (χ0) is 26.3. The van der Waals surface area contributed by atoms with Gasteiger partial charge in [-0.2, -0.15) is 0 Å². The quantitative estimate of drug-likeness (QED) is 0.313. The first-order chi connectivity index (χ1) is 16.8. The van der Waals surface area contributed by atoms with Crippen LogP contribution in [0.4, 0.5) is 10.1 Å². The third kappa shape index (κ3) is 5.59. The molecule has 11 heteroatoms. The molecule has 0 aliphatic rings. The van der Waals surface area contributed by atoms with Crippen LogP contribution in [0.2, 0.25) is 10.0 Å². The van der Waals surface area contributed by atoms with Gasteiger partial charge in [-0.05, 0) is 59.7 Å². The van der Waals surface area contributed by atoms with Gasteiger partial charge in [-0.15, -0.1) is 0 Å². The summed E-state index contributed by atoms with van der Waals surface area (Å²) in [6.45, 7) is 3.45. The number of anilines is 1. The number of hydrogen-bond acceptors (Lipinski definition) is 5.